The lowest BCUT2D eigenvalue weighted by Crippen LogP contribution is -2.42. The van der Waals surface area contributed by atoms with Gasteiger partial charge >= 0.3 is 6.03 Å². The summed E-state index contributed by atoms with van der Waals surface area (Å²) in [6, 6.07) is 7.30. The first-order valence-corrected chi connectivity index (χ1v) is 8.68. The third kappa shape index (κ3) is 4.42. The number of methoxy groups -OCH3 is 1. The summed E-state index contributed by atoms with van der Waals surface area (Å²) in [6.45, 7) is 2.97. The van der Waals surface area contributed by atoms with Crippen molar-refractivity contribution in [3.63, 3.8) is 0 Å². The van der Waals surface area contributed by atoms with E-state index in [0.717, 1.165) is 11.6 Å². The molecule has 1 aliphatic heterocycles. The highest BCUT2D eigenvalue weighted by Crippen LogP contribution is 2.26. The van der Waals surface area contributed by atoms with Gasteiger partial charge in [0.15, 0.2) is 11.6 Å². The number of aromatic nitrogens is 1. The molecule has 0 saturated carbocycles. The molecule has 1 unspecified atom stereocenters. The fourth-order valence-electron chi connectivity index (χ4n) is 3.06. The fourth-order valence-corrected chi connectivity index (χ4v) is 3.06. The van der Waals surface area contributed by atoms with Gasteiger partial charge in [0, 0.05) is 24.7 Å². The number of nitrogens with zero attached hydrogens (tertiary/aromatic N) is 2. The fraction of sp³-hybridized carbons (Fsp3) is 0.300. The number of likely N-dealkylation sites (tertiary alicyclic amines) is 1. The molecule has 1 fully saturated rings. The van der Waals surface area contributed by atoms with Crippen LogP contribution in [-0.4, -0.2) is 36.1 Å². The summed E-state index contributed by atoms with van der Waals surface area (Å²) in [5.41, 5.74) is 1.81. The Balaban J connectivity index is 1.64. The Morgan fingerprint density at radius 1 is 1.33 bits per heavy atom. The second-order valence-corrected chi connectivity index (χ2v) is 6.48. The van der Waals surface area contributed by atoms with Crippen molar-refractivity contribution < 1.29 is 18.3 Å². The lowest BCUT2D eigenvalue weighted by Gasteiger charge is -2.33. The van der Waals surface area contributed by atoms with Crippen molar-refractivity contribution in [3.05, 3.63) is 59.3 Å². The molecule has 1 aromatic heterocycles. The summed E-state index contributed by atoms with van der Waals surface area (Å²) in [6.07, 6.45) is 3.82. The lowest BCUT2D eigenvalue weighted by molar-refractivity contribution is 0.198. The number of ether oxygens (including phenoxy) is 1. The van der Waals surface area contributed by atoms with E-state index in [0.29, 0.717) is 31.1 Å². The Hall–Kier alpha value is -2.96. The van der Waals surface area contributed by atoms with E-state index in [1.807, 2.05) is 6.92 Å². The Morgan fingerprint density at radius 3 is 2.81 bits per heavy atom. The van der Waals surface area contributed by atoms with Gasteiger partial charge in [-0.25, -0.2) is 18.6 Å². The van der Waals surface area contributed by atoms with Gasteiger partial charge in [0.25, 0.3) is 0 Å². The van der Waals surface area contributed by atoms with Gasteiger partial charge in [-0.15, -0.1) is 0 Å². The Morgan fingerprint density at radius 2 is 2.15 bits per heavy atom. The number of carbonyl (C=O) groups excluding carboxylic acids is 1. The molecule has 1 aromatic carbocycles. The number of rotatable bonds is 3. The monoisotopic (exact) mass is 373 g/mol. The number of hydrogen-bond donors (Lipinski definition) is 1. The molecule has 5 nitrogen and oxygen atoms in total. The van der Waals surface area contributed by atoms with E-state index < -0.39 is 11.6 Å². The summed E-state index contributed by atoms with van der Waals surface area (Å²) >= 11 is 0. The number of nitrogens with one attached hydrogen (secondary N) is 1. The second-order valence-electron chi connectivity index (χ2n) is 6.48. The predicted molar refractivity (Wildman–Crippen MR) is 99.5 cm³/mol. The van der Waals surface area contributed by atoms with Crippen molar-refractivity contribution >= 4 is 17.8 Å². The van der Waals surface area contributed by atoms with Crippen molar-refractivity contribution in [1.29, 1.82) is 0 Å². The van der Waals surface area contributed by atoms with Crippen LogP contribution in [0.25, 0.3) is 6.08 Å². The number of piperidine rings is 1. The second kappa shape index (κ2) is 8.16. The van der Waals surface area contributed by atoms with E-state index in [1.165, 1.54) is 19.4 Å². The molecule has 0 spiro atoms. The molecule has 0 radical (unpaired) electrons. The molecule has 1 N–H and O–H groups in total. The number of hydrogen-bond acceptors (Lipinski definition) is 3. The average molecular weight is 373 g/mol. The first kappa shape index (κ1) is 18.8. The summed E-state index contributed by atoms with van der Waals surface area (Å²) in [4.78, 5) is 18.2. The average Bonchev–Trinajstić information content (AvgIpc) is 2.67. The zero-order valence-corrected chi connectivity index (χ0v) is 15.2. The van der Waals surface area contributed by atoms with Crippen molar-refractivity contribution in [2.45, 2.75) is 13.3 Å². The molecule has 1 saturated heterocycles. The maximum Gasteiger partial charge on any atom is 0.321 e. The number of benzene rings is 1. The van der Waals surface area contributed by atoms with Gasteiger partial charge < -0.3 is 15.0 Å². The minimum atomic E-state index is -0.859. The third-order valence-corrected chi connectivity index (χ3v) is 4.60. The SMILES string of the molecule is COc1ccc(NC(=O)N2CCC(=Cc3cccc(F)c3F)C(C)C2)cn1. The molecule has 0 bridgehead atoms. The first-order valence-electron chi connectivity index (χ1n) is 8.68. The maximum atomic E-state index is 13.9. The molecular weight excluding hydrogens is 352 g/mol. The normalized spacial score (nSPS) is 18.4. The van der Waals surface area contributed by atoms with E-state index in [2.05, 4.69) is 10.3 Å². The minimum Gasteiger partial charge on any atom is -0.481 e. The first-order chi connectivity index (χ1) is 13.0. The van der Waals surface area contributed by atoms with Gasteiger partial charge in [0.05, 0.1) is 19.0 Å². The van der Waals surface area contributed by atoms with E-state index in [1.54, 1.807) is 29.2 Å². The van der Waals surface area contributed by atoms with Crippen LogP contribution in [-0.2, 0) is 0 Å². The highest BCUT2D eigenvalue weighted by molar-refractivity contribution is 5.89. The summed E-state index contributed by atoms with van der Waals surface area (Å²) < 4.78 is 32.2. The van der Waals surface area contributed by atoms with Crippen molar-refractivity contribution in [1.82, 2.24) is 9.88 Å². The van der Waals surface area contributed by atoms with Gasteiger partial charge in [-0.3, -0.25) is 0 Å². The number of anilines is 1. The van der Waals surface area contributed by atoms with Crippen LogP contribution in [0.5, 0.6) is 5.88 Å². The van der Waals surface area contributed by atoms with Crippen molar-refractivity contribution in [2.24, 2.45) is 5.92 Å². The van der Waals surface area contributed by atoms with Gasteiger partial charge in [-0.05, 0) is 24.5 Å². The Bertz CT molecular complexity index is 853. The zero-order valence-electron chi connectivity index (χ0n) is 15.2. The Labute approximate surface area is 156 Å². The summed E-state index contributed by atoms with van der Waals surface area (Å²) in [7, 11) is 1.52. The predicted octanol–water partition coefficient (Wildman–Crippen LogP) is 4.33. The smallest absolute Gasteiger partial charge is 0.321 e. The van der Waals surface area contributed by atoms with Crippen molar-refractivity contribution in [3.8, 4) is 5.88 Å². The van der Waals surface area contributed by atoms with E-state index in [-0.39, 0.29) is 17.5 Å². The van der Waals surface area contributed by atoms with E-state index in [4.69, 9.17) is 4.74 Å². The van der Waals surface area contributed by atoms with Crippen LogP contribution in [0.2, 0.25) is 0 Å². The molecule has 1 aliphatic rings. The molecular formula is C20H21F2N3O2. The molecule has 27 heavy (non-hydrogen) atoms. The van der Waals surface area contributed by atoms with Crippen LogP contribution >= 0.6 is 0 Å². The van der Waals surface area contributed by atoms with E-state index in [9.17, 15) is 13.6 Å². The standard InChI is InChI=1S/C20H21F2N3O2/c1-13-12-25(20(26)24-16-6-7-18(27-2)23-11-16)9-8-14(13)10-15-4-3-5-17(21)19(15)22/h3-7,10-11,13H,8-9,12H2,1-2H3,(H,24,26). The number of amides is 2. The minimum absolute atomic E-state index is 0.0427. The molecule has 2 aromatic rings. The van der Waals surface area contributed by atoms with Gasteiger partial charge in [-0.2, -0.15) is 0 Å². The summed E-state index contributed by atoms with van der Waals surface area (Å²) in [5.74, 6) is -1.19. The lowest BCUT2D eigenvalue weighted by atomic mass is 9.91. The van der Waals surface area contributed by atoms with Crippen LogP contribution in [0.3, 0.4) is 0 Å². The summed E-state index contributed by atoms with van der Waals surface area (Å²) in [5, 5.41) is 2.80. The highest BCUT2D eigenvalue weighted by atomic mass is 19.2. The number of urea groups is 1. The number of pyridine rings is 1. The van der Waals surface area contributed by atoms with E-state index >= 15 is 0 Å². The van der Waals surface area contributed by atoms with Crippen LogP contribution in [0, 0.1) is 17.6 Å². The molecule has 1 atom stereocenters. The highest BCUT2D eigenvalue weighted by Gasteiger charge is 2.25. The molecule has 3 rings (SSSR count). The zero-order chi connectivity index (χ0) is 19.4. The van der Waals surface area contributed by atoms with Crippen LogP contribution in [0.15, 0.2) is 42.1 Å². The molecule has 2 amide bonds. The van der Waals surface area contributed by atoms with Crippen LogP contribution < -0.4 is 10.1 Å². The maximum absolute atomic E-state index is 13.9. The largest absolute Gasteiger partial charge is 0.481 e. The molecule has 142 valence electrons. The molecule has 2 heterocycles. The Kier molecular flexibility index (Phi) is 5.69. The van der Waals surface area contributed by atoms with Crippen molar-refractivity contribution in [2.75, 3.05) is 25.5 Å². The number of carbonyl (C=O) groups is 1. The number of halogens is 2. The van der Waals surface area contributed by atoms with Gasteiger partial charge in [0.1, 0.15) is 0 Å². The molecule has 7 heteroatoms. The van der Waals surface area contributed by atoms with Gasteiger partial charge in [0.2, 0.25) is 5.88 Å². The molecule has 0 aliphatic carbocycles. The third-order valence-electron chi connectivity index (χ3n) is 4.60. The van der Waals surface area contributed by atoms with Crippen LogP contribution in [0.4, 0.5) is 19.3 Å². The van der Waals surface area contributed by atoms with Crippen LogP contribution in [0.1, 0.15) is 18.9 Å². The quantitative estimate of drug-likeness (QED) is 0.871. The topological polar surface area (TPSA) is 54.5 Å². The van der Waals surface area contributed by atoms with Gasteiger partial charge in [-0.1, -0.05) is 30.7 Å².